The van der Waals surface area contributed by atoms with Crippen LogP contribution in [0.5, 0.6) is 5.75 Å². The molecule has 4 heteroatoms. The van der Waals surface area contributed by atoms with E-state index in [1.165, 1.54) is 5.56 Å². The van der Waals surface area contributed by atoms with E-state index in [0.717, 1.165) is 31.2 Å². The first-order chi connectivity index (χ1) is 9.61. The van der Waals surface area contributed by atoms with Crippen LogP contribution in [0.4, 0.5) is 0 Å². The fourth-order valence-corrected chi connectivity index (χ4v) is 1.74. The summed E-state index contributed by atoms with van der Waals surface area (Å²) in [6.45, 7) is 8.78. The summed E-state index contributed by atoms with van der Waals surface area (Å²) < 4.78 is 5.68. The zero-order chi connectivity index (χ0) is 14.8. The molecule has 112 valence electrons. The van der Waals surface area contributed by atoms with Gasteiger partial charge in [-0.1, -0.05) is 26.0 Å². The second-order valence-corrected chi connectivity index (χ2v) is 5.27. The molecule has 0 saturated heterocycles. The molecule has 0 amide bonds. The number of hydrogen-bond acceptors (Lipinski definition) is 2. The van der Waals surface area contributed by atoms with Crippen LogP contribution in [0.15, 0.2) is 29.3 Å². The molecule has 0 spiro atoms. The monoisotopic (exact) mass is 277 g/mol. The first kappa shape index (κ1) is 16.3. The van der Waals surface area contributed by atoms with E-state index in [4.69, 9.17) is 4.74 Å². The van der Waals surface area contributed by atoms with Crippen LogP contribution in [0.25, 0.3) is 0 Å². The van der Waals surface area contributed by atoms with Crippen molar-refractivity contribution in [3.8, 4) is 5.75 Å². The topological polar surface area (TPSA) is 45.7 Å². The summed E-state index contributed by atoms with van der Waals surface area (Å²) >= 11 is 0. The zero-order valence-corrected chi connectivity index (χ0v) is 13.1. The second kappa shape index (κ2) is 9.23. The molecule has 0 saturated carbocycles. The molecule has 0 heterocycles. The Morgan fingerprint density at radius 1 is 1.25 bits per heavy atom. The van der Waals surface area contributed by atoms with Crippen LogP contribution in [0.1, 0.15) is 25.8 Å². The van der Waals surface area contributed by atoms with Crippen LogP contribution in [0, 0.1) is 12.8 Å². The van der Waals surface area contributed by atoms with E-state index in [1.54, 1.807) is 7.05 Å². The predicted octanol–water partition coefficient (Wildman–Crippen LogP) is 2.58. The molecule has 20 heavy (non-hydrogen) atoms. The summed E-state index contributed by atoms with van der Waals surface area (Å²) in [6, 6.07) is 8.08. The number of benzene rings is 1. The third-order valence-electron chi connectivity index (χ3n) is 2.89. The van der Waals surface area contributed by atoms with E-state index in [9.17, 15) is 0 Å². The lowest BCUT2D eigenvalue weighted by Gasteiger charge is -2.13. The first-order valence-corrected chi connectivity index (χ1v) is 7.26. The normalized spacial score (nSPS) is 11.6. The minimum absolute atomic E-state index is 0.619. The van der Waals surface area contributed by atoms with Gasteiger partial charge in [0.1, 0.15) is 12.4 Å². The Hall–Kier alpha value is -1.71. The molecule has 0 aliphatic rings. The zero-order valence-electron chi connectivity index (χ0n) is 13.1. The number of aliphatic imine (C=N–C) groups is 1. The first-order valence-electron chi connectivity index (χ1n) is 7.26. The maximum absolute atomic E-state index is 5.68. The van der Waals surface area contributed by atoms with Crippen molar-refractivity contribution in [3.05, 3.63) is 29.8 Å². The molecule has 0 unspecified atom stereocenters. The van der Waals surface area contributed by atoms with E-state index < -0.39 is 0 Å². The van der Waals surface area contributed by atoms with Gasteiger partial charge in [0.05, 0.1) is 6.54 Å². The Labute approximate surface area is 122 Å². The van der Waals surface area contributed by atoms with Gasteiger partial charge in [0.15, 0.2) is 5.96 Å². The van der Waals surface area contributed by atoms with Gasteiger partial charge in [0.25, 0.3) is 0 Å². The Morgan fingerprint density at radius 3 is 2.65 bits per heavy atom. The fourth-order valence-electron chi connectivity index (χ4n) is 1.74. The van der Waals surface area contributed by atoms with Crippen LogP contribution in [-0.4, -0.2) is 32.7 Å². The van der Waals surface area contributed by atoms with Crippen LogP contribution >= 0.6 is 0 Å². The fraction of sp³-hybridized carbons (Fsp3) is 0.562. The van der Waals surface area contributed by atoms with Crippen LogP contribution < -0.4 is 15.4 Å². The Kier molecular flexibility index (Phi) is 7.55. The molecular weight excluding hydrogens is 250 g/mol. The van der Waals surface area contributed by atoms with E-state index in [2.05, 4.69) is 42.5 Å². The summed E-state index contributed by atoms with van der Waals surface area (Å²) in [5.74, 6) is 2.44. The van der Waals surface area contributed by atoms with Gasteiger partial charge in [-0.25, -0.2) is 0 Å². The molecular formula is C16H27N3O. The lowest BCUT2D eigenvalue weighted by Crippen LogP contribution is -2.39. The molecule has 1 aromatic rings. The summed E-state index contributed by atoms with van der Waals surface area (Å²) in [6.07, 6.45) is 1.14. The van der Waals surface area contributed by atoms with Gasteiger partial charge in [-0.05, 0) is 37.0 Å². The van der Waals surface area contributed by atoms with E-state index >= 15 is 0 Å². The van der Waals surface area contributed by atoms with Crippen molar-refractivity contribution in [2.75, 3.05) is 26.7 Å². The van der Waals surface area contributed by atoms with Crippen LogP contribution in [-0.2, 0) is 0 Å². The number of hydrogen-bond donors (Lipinski definition) is 2. The molecule has 1 aromatic carbocycles. The van der Waals surface area contributed by atoms with Gasteiger partial charge >= 0.3 is 0 Å². The van der Waals surface area contributed by atoms with Gasteiger partial charge in [-0.15, -0.1) is 0 Å². The highest BCUT2D eigenvalue weighted by Crippen LogP contribution is 2.11. The van der Waals surface area contributed by atoms with E-state index in [1.807, 2.05) is 18.2 Å². The van der Waals surface area contributed by atoms with Gasteiger partial charge < -0.3 is 15.4 Å². The molecule has 0 fully saturated rings. The molecule has 0 bridgehead atoms. The number of ether oxygens (including phenoxy) is 1. The van der Waals surface area contributed by atoms with Crippen LogP contribution in [0.2, 0.25) is 0 Å². The second-order valence-electron chi connectivity index (χ2n) is 5.27. The maximum Gasteiger partial charge on any atom is 0.191 e. The molecule has 0 radical (unpaired) electrons. The molecule has 0 aliphatic heterocycles. The number of aryl methyl sites for hydroxylation is 1. The van der Waals surface area contributed by atoms with Gasteiger partial charge in [-0.3, -0.25) is 4.99 Å². The van der Waals surface area contributed by atoms with Crippen molar-refractivity contribution in [2.45, 2.75) is 27.2 Å². The molecule has 1 rings (SSSR count). The van der Waals surface area contributed by atoms with Crippen molar-refractivity contribution >= 4 is 5.96 Å². The average molecular weight is 277 g/mol. The minimum Gasteiger partial charge on any atom is -0.492 e. The Morgan fingerprint density at radius 2 is 2.00 bits per heavy atom. The summed E-state index contributed by atoms with van der Waals surface area (Å²) in [4.78, 5) is 4.18. The highest BCUT2D eigenvalue weighted by atomic mass is 16.5. The van der Waals surface area contributed by atoms with Crippen LogP contribution in [0.3, 0.4) is 0 Å². The molecule has 0 aliphatic carbocycles. The van der Waals surface area contributed by atoms with Crippen molar-refractivity contribution in [3.63, 3.8) is 0 Å². The van der Waals surface area contributed by atoms with Crippen molar-refractivity contribution < 1.29 is 4.74 Å². The molecule has 0 atom stereocenters. The third kappa shape index (κ3) is 7.02. The Bertz CT molecular complexity index is 416. The lowest BCUT2D eigenvalue weighted by molar-refractivity contribution is 0.321. The quantitative estimate of drug-likeness (QED) is 0.457. The lowest BCUT2D eigenvalue weighted by atomic mass is 10.1. The van der Waals surface area contributed by atoms with Gasteiger partial charge in [0, 0.05) is 13.6 Å². The number of nitrogens with zero attached hydrogens (tertiary/aromatic N) is 1. The summed E-state index contributed by atoms with van der Waals surface area (Å²) in [5.41, 5.74) is 1.21. The van der Waals surface area contributed by atoms with E-state index in [0.29, 0.717) is 12.5 Å². The van der Waals surface area contributed by atoms with Crippen molar-refractivity contribution in [2.24, 2.45) is 10.9 Å². The highest BCUT2D eigenvalue weighted by Gasteiger charge is 1.99. The highest BCUT2D eigenvalue weighted by molar-refractivity contribution is 5.79. The average Bonchev–Trinajstić information content (AvgIpc) is 2.41. The Balaban J connectivity index is 2.18. The standard InChI is InChI=1S/C16H27N3O/c1-13(2)8-9-18-16(17-4)19-10-11-20-15-7-5-6-14(3)12-15/h5-7,12-13H,8-11H2,1-4H3,(H2,17,18,19). The van der Waals surface area contributed by atoms with Gasteiger partial charge in [-0.2, -0.15) is 0 Å². The molecule has 0 aromatic heterocycles. The largest absolute Gasteiger partial charge is 0.492 e. The summed E-state index contributed by atoms with van der Waals surface area (Å²) in [5, 5.41) is 6.53. The number of nitrogens with one attached hydrogen (secondary N) is 2. The van der Waals surface area contributed by atoms with Gasteiger partial charge in [0.2, 0.25) is 0 Å². The maximum atomic E-state index is 5.68. The summed E-state index contributed by atoms with van der Waals surface area (Å²) in [7, 11) is 1.78. The third-order valence-corrected chi connectivity index (χ3v) is 2.89. The smallest absolute Gasteiger partial charge is 0.191 e. The van der Waals surface area contributed by atoms with E-state index in [-0.39, 0.29) is 0 Å². The number of rotatable bonds is 7. The SMILES string of the molecule is CN=C(NCCOc1cccc(C)c1)NCCC(C)C. The molecule has 4 nitrogen and oxygen atoms in total. The predicted molar refractivity (Wildman–Crippen MR) is 85.5 cm³/mol. The molecule has 2 N–H and O–H groups in total. The van der Waals surface area contributed by atoms with Crippen molar-refractivity contribution in [1.82, 2.24) is 10.6 Å². The number of guanidine groups is 1. The van der Waals surface area contributed by atoms with Crippen molar-refractivity contribution in [1.29, 1.82) is 0 Å². The minimum atomic E-state index is 0.619.